The molecule has 0 aliphatic rings. The van der Waals surface area contributed by atoms with E-state index in [0.717, 1.165) is 12.3 Å². The molecule has 1 amide bonds. The van der Waals surface area contributed by atoms with Gasteiger partial charge in [-0.1, -0.05) is 24.4 Å². The van der Waals surface area contributed by atoms with Gasteiger partial charge in [0.05, 0.1) is 17.4 Å². The summed E-state index contributed by atoms with van der Waals surface area (Å²) < 4.78 is 13.1. The fourth-order valence-electron chi connectivity index (χ4n) is 1.81. The van der Waals surface area contributed by atoms with E-state index in [0.29, 0.717) is 11.3 Å². The minimum absolute atomic E-state index is 0.158. The number of nitrogens with zero attached hydrogens (tertiary/aromatic N) is 2. The van der Waals surface area contributed by atoms with E-state index in [-0.39, 0.29) is 16.5 Å². The van der Waals surface area contributed by atoms with Crippen LogP contribution in [0.2, 0.25) is 0 Å². The molecule has 1 aromatic carbocycles. The zero-order chi connectivity index (χ0) is 14.7. The van der Waals surface area contributed by atoms with Crippen molar-refractivity contribution in [3.63, 3.8) is 0 Å². The van der Waals surface area contributed by atoms with E-state index in [2.05, 4.69) is 4.98 Å². The topological polar surface area (TPSA) is 59.2 Å². The van der Waals surface area contributed by atoms with Gasteiger partial charge in [-0.2, -0.15) is 0 Å². The van der Waals surface area contributed by atoms with Crippen LogP contribution in [0.3, 0.4) is 0 Å². The standard InChI is InChI=1S/C14H12FN3OS/c1-18(12-5-3-2-4-11(12)13(16)20)14(19)9-6-10(15)8-17-7-9/h2-8H,1H3,(H2,16,20). The van der Waals surface area contributed by atoms with Crippen LogP contribution in [-0.2, 0) is 0 Å². The second-order valence-corrected chi connectivity index (χ2v) is 4.58. The average Bonchev–Trinajstić information content (AvgIpc) is 2.45. The number of para-hydroxylation sites is 1. The number of anilines is 1. The lowest BCUT2D eigenvalue weighted by Crippen LogP contribution is -2.28. The minimum Gasteiger partial charge on any atom is -0.389 e. The van der Waals surface area contributed by atoms with Crippen molar-refractivity contribution in [1.29, 1.82) is 0 Å². The van der Waals surface area contributed by atoms with Crippen LogP contribution in [0.1, 0.15) is 15.9 Å². The molecule has 0 atom stereocenters. The number of nitrogens with two attached hydrogens (primary N) is 1. The number of aromatic nitrogens is 1. The molecule has 0 radical (unpaired) electrons. The SMILES string of the molecule is CN(C(=O)c1cncc(F)c1)c1ccccc1C(N)=S. The molecule has 0 unspecified atom stereocenters. The third-order valence-electron chi connectivity index (χ3n) is 2.79. The molecule has 0 bridgehead atoms. The third-order valence-corrected chi connectivity index (χ3v) is 3.01. The first-order chi connectivity index (χ1) is 9.50. The monoisotopic (exact) mass is 289 g/mol. The highest BCUT2D eigenvalue weighted by molar-refractivity contribution is 7.80. The third kappa shape index (κ3) is 2.80. The van der Waals surface area contributed by atoms with E-state index >= 15 is 0 Å². The highest BCUT2D eigenvalue weighted by atomic mass is 32.1. The zero-order valence-corrected chi connectivity index (χ0v) is 11.5. The molecule has 4 nitrogen and oxygen atoms in total. The smallest absolute Gasteiger partial charge is 0.259 e. The number of carbonyl (C=O) groups excluding carboxylic acids is 1. The van der Waals surface area contributed by atoms with Gasteiger partial charge in [0, 0.05) is 18.8 Å². The summed E-state index contributed by atoms with van der Waals surface area (Å²) in [5.74, 6) is -0.951. The van der Waals surface area contributed by atoms with E-state index in [1.807, 2.05) is 0 Å². The summed E-state index contributed by atoms with van der Waals surface area (Å²) in [7, 11) is 1.57. The number of rotatable bonds is 3. The van der Waals surface area contributed by atoms with Crippen LogP contribution in [0.15, 0.2) is 42.7 Å². The normalized spacial score (nSPS) is 10.1. The largest absolute Gasteiger partial charge is 0.389 e. The second-order valence-electron chi connectivity index (χ2n) is 4.14. The molecule has 2 N–H and O–H groups in total. The van der Waals surface area contributed by atoms with E-state index in [1.54, 1.807) is 31.3 Å². The van der Waals surface area contributed by atoms with Gasteiger partial charge < -0.3 is 10.6 Å². The van der Waals surface area contributed by atoms with Crippen LogP contribution < -0.4 is 10.6 Å². The molecule has 102 valence electrons. The fourth-order valence-corrected chi connectivity index (χ4v) is 1.98. The van der Waals surface area contributed by atoms with Gasteiger partial charge in [-0.15, -0.1) is 0 Å². The number of thiocarbonyl (C=S) groups is 1. The first kappa shape index (κ1) is 14.1. The van der Waals surface area contributed by atoms with E-state index in [1.165, 1.54) is 11.1 Å². The summed E-state index contributed by atoms with van der Waals surface area (Å²) in [6, 6.07) is 8.13. The second kappa shape index (κ2) is 5.75. The van der Waals surface area contributed by atoms with Crippen molar-refractivity contribution in [2.24, 2.45) is 5.73 Å². The van der Waals surface area contributed by atoms with Crippen LogP contribution in [0.4, 0.5) is 10.1 Å². The Labute approximate surface area is 121 Å². The Morgan fingerprint density at radius 3 is 2.70 bits per heavy atom. The Balaban J connectivity index is 2.39. The highest BCUT2D eigenvalue weighted by Gasteiger charge is 2.17. The molecule has 2 aromatic rings. The quantitative estimate of drug-likeness (QED) is 0.879. The van der Waals surface area contributed by atoms with Crippen LogP contribution >= 0.6 is 12.2 Å². The molecule has 1 aromatic heterocycles. The summed E-state index contributed by atoms with van der Waals surface area (Å²) in [5, 5.41) is 0. The average molecular weight is 289 g/mol. The number of halogens is 1. The summed E-state index contributed by atoms with van der Waals surface area (Å²) in [4.78, 5) is 17.5. The molecular weight excluding hydrogens is 277 g/mol. The number of hydrogen-bond acceptors (Lipinski definition) is 3. The van der Waals surface area contributed by atoms with Gasteiger partial charge in [0.2, 0.25) is 0 Å². The number of carbonyl (C=O) groups is 1. The Morgan fingerprint density at radius 2 is 2.05 bits per heavy atom. The zero-order valence-electron chi connectivity index (χ0n) is 10.7. The van der Waals surface area contributed by atoms with Crippen LogP contribution in [0.25, 0.3) is 0 Å². The van der Waals surface area contributed by atoms with Crippen molar-refractivity contribution in [2.75, 3.05) is 11.9 Å². The lowest BCUT2D eigenvalue weighted by Gasteiger charge is -2.20. The minimum atomic E-state index is -0.563. The Kier molecular flexibility index (Phi) is 4.05. The Morgan fingerprint density at radius 1 is 1.35 bits per heavy atom. The van der Waals surface area contributed by atoms with Crippen LogP contribution in [0, 0.1) is 5.82 Å². The summed E-state index contributed by atoms with van der Waals surface area (Å²) in [6.45, 7) is 0. The molecule has 2 rings (SSSR count). The molecule has 1 heterocycles. The van der Waals surface area contributed by atoms with Crippen molar-refractivity contribution in [1.82, 2.24) is 4.98 Å². The van der Waals surface area contributed by atoms with Gasteiger partial charge in [0.15, 0.2) is 0 Å². The summed E-state index contributed by atoms with van der Waals surface area (Å²) in [6.07, 6.45) is 2.35. The fraction of sp³-hybridized carbons (Fsp3) is 0.0714. The van der Waals surface area contributed by atoms with Crippen molar-refractivity contribution < 1.29 is 9.18 Å². The molecule has 0 aliphatic heterocycles. The molecule has 0 aliphatic carbocycles. The number of benzene rings is 1. The molecule has 20 heavy (non-hydrogen) atoms. The molecule has 0 fully saturated rings. The maximum atomic E-state index is 13.1. The van der Waals surface area contributed by atoms with Gasteiger partial charge in [0.25, 0.3) is 5.91 Å². The number of amides is 1. The van der Waals surface area contributed by atoms with Crippen LogP contribution in [0.5, 0.6) is 0 Å². The molecule has 0 saturated heterocycles. The van der Waals surface area contributed by atoms with Crippen molar-refractivity contribution >= 4 is 28.8 Å². The van der Waals surface area contributed by atoms with Crippen molar-refractivity contribution in [3.05, 3.63) is 59.7 Å². The predicted octanol–water partition coefficient (Wildman–Crippen LogP) is 2.13. The van der Waals surface area contributed by atoms with E-state index in [4.69, 9.17) is 18.0 Å². The lowest BCUT2D eigenvalue weighted by molar-refractivity contribution is 0.0992. The van der Waals surface area contributed by atoms with Gasteiger partial charge in [-0.3, -0.25) is 9.78 Å². The Bertz CT molecular complexity index is 675. The number of pyridine rings is 1. The summed E-state index contributed by atoms with van der Waals surface area (Å²) >= 11 is 4.96. The first-order valence-corrected chi connectivity index (χ1v) is 6.19. The molecule has 6 heteroatoms. The van der Waals surface area contributed by atoms with Gasteiger partial charge in [-0.25, -0.2) is 4.39 Å². The molecule has 0 spiro atoms. The maximum absolute atomic E-state index is 13.1. The molecule has 0 saturated carbocycles. The number of hydrogen-bond donors (Lipinski definition) is 1. The van der Waals surface area contributed by atoms with E-state index in [9.17, 15) is 9.18 Å². The van der Waals surface area contributed by atoms with Gasteiger partial charge in [-0.05, 0) is 18.2 Å². The van der Waals surface area contributed by atoms with Gasteiger partial charge >= 0.3 is 0 Å². The van der Waals surface area contributed by atoms with E-state index < -0.39 is 5.82 Å². The summed E-state index contributed by atoms with van der Waals surface area (Å²) in [5.41, 5.74) is 6.94. The maximum Gasteiger partial charge on any atom is 0.259 e. The lowest BCUT2D eigenvalue weighted by atomic mass is 10.1. The van der Waals surface area contributed by atoms with Crippen molar-refractivity contribution in [3.8, 4) is 0 Å². The van der Waals surface area contributed by atoms with Gasteiger partial charge in [0.1, 0.15) is 10.8 Å². The first-order valence-electron chi connectivity index (χ1n) is 5.78. The highest BCUT2D eigenvalue weighted by Crippen LogP contribution is 2.21. The predicted molar refractivity (Wildman–Crippen MR) is 79.3 cm³/mol. The molecular formula is C14H12FN3OS. The Hall–Kier alpha value is -2.34. The van der Waals surface area contributed by atoms with Crippen molar-refractivity contribution in [2.45, 2.75) is 0 Å². The van der Waals surface area contributed by atoms with Crippen LogP contribution in [-0.4, -0.2) is 22.9 Å².